The summed E-state index contributed by atoms with van der Waals surface area (Å²) in [5.41, 5.74) is 5.41. The van der Waals surface area contributed by atoms with E-state index in [0.717, 1.165) is 33.3 Å². The smallest absolute Gasteiger partial charge is 0.262 e. The fraction of sp³-hybridized carbons (Fsp3) is 0.185. The van der Waals surface area contributed by atoms with Gasteiger partial charge >= 0.3 is 0 Å². The topological polar surface area (TPSA) is 62.4 Å². The number of pyridine rings is 1. The van der Waals surface area contributed by atoms with Crippen LogP contribution in [0.4, 0.5) is 5.69 Å². The third-order valence-electron chi connectivity index (χ3n) is 5.72. The summed E-state index contributed by atoms with van der Waals surface area (Å²) in [4.78, 5) is 31.3. The number of para-hydroxylation sites is 2. The molecule has 0 saturated heterocycles. The van der Waals surface area contributed by atoms with E-state index in [9.17, 15) is 9.59 Å². The summed E-state index contributed by atoms with van der Waals surface area (Å²) in [7, 11) is 1.55. The fourth-order valence-corrected chi connectivity index (χ4v) is 4.06. The Bertz CT molecular complexity index is 1370. The zero-order valence-corrected chi connectivity index (χ0v) is 18.7. The van der Waals surface area contributed by atoms with Crippen molar-refractivity contribution < 1.29 is 9.53 Å². The first-order valence-electron chi connectivity index (χ1n) is 10.5. The number of H-pyrrole nitrogens is 1. The zero-order chi connectivity index (χ0) is 22.8. The molecule has 1 heterocycles. The average molecular weight is 427 g/mol. The molecule has 0 bridgehead atoms. The number of anilines is 1. The van der Waals surface area contributed by atoms with E-state index in [2.05, 4.69) is 4.98 Å². The van der Waals surface area contributed by atoms with Crippen molar-refractivity contribution in [2.45, 2.75) is 27.3 Å². The maximum absolute atomic E-state index is 13.7. The van der Waals surface area contributed by atoms with Crippen molar-refractivity contribution in [2.75, 3.05) is 12.0 Å². The van der Waals surface area contributed by atoms with Gasteiger partial charge in [-0.25, -0.2) is 0 Å². The van der Waals surface area contributed by atoms with Crippen molar-refractivity contribution >= 4 is 22.5 Å². The van der Waals surface area contributed by atoms with Crippen LogP contribution in [0.3, 0.4) is 0 Å². The van der Waals surface area contributed by atoms with E-state index in [1.165, 1.54) is 0 Å². The lowest BCUT2D eigenvalue weighted by Crippen LogP contribution is -2.33. The van der Waals surface area contributed by atoms with Crippen LogP contribution in [-0.2, 0) is 6.54 Å². The van der Waals surface area contributed by atoms with Gasteiger partial charge in [0.15, 0.2) is 0 Å². The SMILES string of the molecule is COc1ccccc1C(=O)N(Cc1cc2cccc(C)c2[nH]c1=O)c1ccc(C)cc1C. The first-order chi connectivity index (χ1) is 15.4. The van der Waals surface area contributed by atoms with Gasteiger partial charge in [0, 0.05) is 11.3 Å². The second kappa shape index (κ2) is 8.71. The lowest BCUT2D eigenvalue weighted by Gasteiger charge is -2.25. The van der Waals surface area contributed by atoms with Crippen molar-refractivity contribution in [3.05, 3.63) is 105 Å². The molecule has 0 aliphatic heterocycles. The molecule has 4 rings (SSSR count). The monoisotopic (exact) mass is 426 g/mol. The van der Waals surface area contributed by atoms with E-state index in [-0.39, 0.29) is 18.0 Å². The summed E-state index contributed by atoms with van der Waals surface area (Å²) >= 11 is 0. The van der Waals surface area contributed by atoms with Crippen LogP contribution in [0.1, 0.15) is 32.6 Å². The largest absolute Gasteiger partial charge is 0.496 e. The van der Waals surface area contributed by atoms with Crippen LogP contribution in [-0.4, -0.2) is 18.0 Å². The van der Waals surface area contributed by atoms with Crippen molar-refractivity contribution in [3.8, 4) is 5.75 Å². The predicted octanol–water partition coefficient (Wildman–Crippen LogP) is 5.31. The van der Waals surface area contributed by atoms with E-state index < -0.39 is 0 Å². The number of nitrogens with one attached hydrogen (secondary N) is 1. The Hall–Kier alpha value is -3.86. The number of nitrogens with zero attached hydrogens (tertiary/aromatic N) is 1. The molecule has 1 aromatic heterocycles. The highest BCUT2D eigenvalue weighted by Crippen LogP contribution is 2.28. The molecule has 4 aromatic rings. The van der Waals surface area contributed by atoms with Crippen molar-refractivity contribution in [1.82, 2.24) is 4.98 Å². The summed E-state index contributed by atoms with van der Waals surface area (Å²) < 4.78 is 5.43. The van der Waals surface area contributed by atoms with Crippen molar-refractivity contribution in [2.24, 2.45) is 0 Å². The number of carbonyl (C=O) groups excluding carboxylic acids is 1. The number of rotatable bonds is 5. The summed E-state index contributed by atoms with van der Waals surface area (Å²) in [6.07, 6.45) is 0. The van der Waals surface area contributed by atoms with Crippen molar-refractivity contribution in [3.63, 3.8) is 0 Å². The van der Waals surface area contributed by atoms with Crippen LogP contribution in [0.25, 0.3) is 10.9 Å². The predicted molar refractivity (Wildman–Crippen MR) is 129 cm³/mol. The number of aromatic nitrogens is 1. The lowest BCUT2D eigenvalue weighted by atomic mass is 10.1. The van der Waals surface area contributed by atoms with Gasteiger partial charge in [-0.05, 0) is 61.5 Å². The second-order valence-corrected chi connectivity index (χ2v) is 8.04. The number of carbonyl (C=O) groups is 1. The van der Waals surface area contributed by atoms with Crippen LogP contribution in [0.15, 0.2) is 71.5 Å². The van der Waals surface area contributed by atoms with Gasteiger partial charge < -0.3 is 14.6 Å². The van der Waals surface area contributed by atoms with Gasteiger partial charge in [-0.1, -0.05) is 48.0 Å². The molecule has 1 N–H and O–H groups in total. The maximum Gasteiger partial charge on any atom is 0.262 e. The molecule has 0 spiro atoms. The van der Waals surface area contributed by atoms with Gasteiger partial charge in [0.2, 0.25) is 0 Å². The van der Waals surface area contributed by atoms with Gasteiger partial charge in [-0.15, -0.1) is 0 Å². The summed E-state index contributed by atoms with van der Waals surface area (Å²) in [6.45, 7) is 6.09. The minimum atomic E-state index is -0.224. The summed E-state index contributed by atoms with van der Waals surface area (Å²) in [6, 6.07) is 20.8. The molecule has 3 aromatic carbocycles. The molecule has 5 nitrogen and oxygen atoms in total. The van der Waals surface area contributed by atoms with Gasteiger partial charge in [0.25, 0.3) is 11.5 Å². The number of hydrogen-bond acceptors (Lipinski definition) is 3. The fourth-order valence-electron chi connectivity index (χ4n) is 4.06. The lowest BCUT2D eigenvalue weighted by molar-refractivity contribution is 0.0982. The quantitative estimate of drug-likeness (QED) is 0.470. The van der Waals surface area contributed by atoms with E-state index in [1.807, 2.05) is 75.4 Å². The standard InChI is InChI=1S/C27H26N2O3/c1-17-12-13-23(19(3)14-17)29(27(31)22-10-5-6-11-24(22)32-4)16-21-15-20-9-7-8-18(2)25(20)28-26(21)30/h5-15H,16H2,1-4H3,(H,28,30). The molecular weight excluding hydrogens is 400 g/mol. The second-order valence-electron chi connectivity index (χ2n) is 8.04. The number of benzene rings is 3. The Morgan fingerprint density at radius 3 is 2.47 bits per heavy atom. The molecule has 0 radical (unpaired) electrons. The molecule has 162 valence electrons. The van der Waals surface area contributed by atoms with Gasteiger partial charge in [-0.2, -0.15) is 0 Å². The van der Waals surface area contributed by atoms with Crippen LogP contribution in [0.5, 0.6) is 5.75 Å². The maximum atomic E-state index is 13.7. The Labute approximate surface area is 187 Å². The first-order valence-corrected chi connectivity index (χ1v) is 10.5. The molecule has 5 heteroatoms. The molecule has 0 saturated carbocycles. The average Bonchev–Trinajstić information content (AvgIpc) is 2.78. The molecule has 32 heavy (non-hydrogen) atoms. The first kappa shape index (κ1) is 21.4. The molecule has 0 aliphatic rings. The van der Waals surface area contributed by atoms with E-state index in [0.29, 0.717) is 16.9 Å². The van der Waals surface area contributed by atoms with E-state index in [4.69, 9.17) is 4.74 Å². The van der Waals surface area contributed by atoms with Gasteiger partial charge in [0.05, 0.1) is 24.7 Å². The highest BCUT2D eigenvalue weighted by Gasteiger charge is 2.24. The zero-order valence-electron chi connectivity index (χ0n) is 18.7. The van der Waals surface area contributed by atoms with Gasteiger partial charge in [-0.3, -0.25) is 9.59 Å². The van der Waals surface area contributed by atoms with Gasteiger partial charge in [0.1, 0.15) is 5.75 Å². The molecule has 0 fully saturated rings. The minimum Gasteiger partial charge on any atom is -0.496 e. The highest BCUT2D eigenvalue weighted by atomic mass is 16.5. The third kappa shape index (κ3) is 4.02. The number of aromatic amines is 1. The van der Waals surface area contributed by atoms with E-state index in [1.54, 1.807) is 24.1 Å². The van der Waals surface area contributed by atoms with E-state index >= 15 is 0 Å². The van der Waals surface area contributed by atoms with Crippen LogP contribution in [0, 0.1) is 20.8 Å². The van der Waals surface area contributed by atoms with Crippen LogP contribution < -0.4 is 15.2 Å². The van der Waals surface area contributed by atoms with Crippen molar-refractivity contribution in [1.29, 1.82) is 0 Å². The molecule has 0 aliphatic carbocycles. The Morgan fingerprint density at radius 1 is 0.938 bits per heavy atom. The molecular formula is C27H26N2O3. The third-order valence-corrected chi connectivity index (χ3v) is 5.72. The number of amides is 1. The number of ether oxygens (including phenoxy) is 1. The number of methoxy groups -OCH3 is 1. The van der Waals surface area contributed by atoms with Crippen LogP contribution >= 0.6 is 0 Å². The Morgan fingerprint density at radius 2 is 1.72 bits per heavy atom. The highest BCUT2D eigenvalue weighted by molar-refractivity contribution is 6.08. The number of hydrogen-bond donors (Lipinski definition) is 1. The molecule has 1 amide bonds. The minimum absolute atomic E-state index is 0.139. The summed E-state index contributed by atoms with van der Waals surface area (Å²) in [5, 5.41) is 0.935. The Kier molecular flexibility index (Phi) is 5.82. The normalized spacial score (nSPS) is 10.9. The molecule has 0 unspecified atom stereocenters. The number of aryl methyl sites for hydroxylation is 3. The van der Waals surface area contributed by atoms with Crippen LogP contribution in [0.2, 0.25) is 0 Å². The Balaban J connectivity index is 1.85. The number of fused-ring (bicyclic) bond motifs is 1. The summed E-state index contributed by atoms with van der Waals surface area (Å²) in [5.74, 6) is 0.272. The molecule has 0 atom stereocenters.